The van der Waals surface area contributed by atoms with Crippen molar-refractivity contribution < 1.29 is 43.2 Å². The van der Waals surface area contributed by atoms with Crippen LogP contribution in [0.2, 0.25) is 4.34 Å². The van der Waals surface area contributed by atoms with Gasteiger partial charge in [0.1, 0.15) is 27.1 Å². The van der Waals surface area contributed by atoms with E-state index >= 15 is 0 Å². The second kappa shape index (κ2) is 10.9. The maximum atomic E-state index is 13.6. The number of nitrogen functional groups attached to an aromatic ring is 1. The number of carbonyl (C=O) groups is 4. The van der Waals surface area contributed by atoms with Crippen LogP contribution in [0.4, 0.5) is 9.52 Å². The first kappa shape index (κ1) is 27.3. The number of rotatable bonds is 9. The molecule has 2 amide bonds. The number of halogens is 2. The molecule has 0 bridgehead atoms. The predicted octanol–water partition coefficient (Wildman–Crippen LogP) is 0.438. The molecule has 0 aliphatic carbocycles. The molecule has 0 aromatic carbocycles. The molecule has 2 aromatic heterocycles. The van der Waals surface area contributed by atoms with Crippen LogP contribution in [0.15, 0.2) is 41.0 Å². The highest BCUT2D eigenvalue weighted by Gasteiger charge is 2.55. The minimum atomic E-state index is -1.42. The minimum absolute atomic E-state index is 0.00504. The number of carboxylic acids is 2. The summed E-state index contributed by atoms with van der Waals surface area (Å²) in [4.78, 5) is 59.1. The smallest absolute Gasteiger partial charge is 0.352 e. The summed E-state index contributed by atoms with van der Waals surface area (Å²) in [5.41, 5.74) is 5.09. The van der Waals surface area contributed by atoms with Crippen LogP contribution in [0.5, 0.6) is 0 Å². The largest absolute Gasteiger partial charge is 0.478 e. The Hall–Kier alpha value is -3.76. The fourth-order valence-corrected chi connectivity index (χ4v) is 5.92. The summed E-state index contributed by atoms with van der Waals surface area (Å²) in [6.07, 6.45) is 1.35. The molecule has 38 heavy (non-hydrogen) atoms. The monoisotopic (exact) mass is 585 g/mol. The molecule has 2 aliphatic rings. The summed E-state index contributed by atoms with van der Waals surface area (Å²) in [5, 5.41) is 24.2. The van der Waals surface area contributed by atoms with Crippen molar-refractivity contribution in [3.05, 3.63) is 51.6 Å². The number of anilines is 1. The molecular formula is C21H19ClFN6O7S2+. The van der Waals surface area contributed by atoms with Crippen LogP contribution in [0, 0.1) is 5.82 Å². The Morgan fingerprint density at radius 2 is 2.18 bits per heavy atom. The second-order valence-electron chi connectivity index (χ2n) is 8.01. The molecule has 4 heterocycles. The van der Waals surface area contributed by atoms with Gasteiger partial charge in [0.25, 0.3) is 11.8 Å². The number of pyridine rings is 1. The number of nitrogens with zero attached hydrogens (tertiary/aromatic N) is 4. The maximum Gasteiger partial charge on any atom is 0.352 e. The number of carbonyl (C=O) groups excluding carboxylic acids is 2. The lowest BCUT2D eigenvalue weighted by Gasteiger charge is -2.49. The molecule has 200 valence electrons. The molecule has 17 heteroatoms. The number of hydrogen-bond donors (Lipinski definition) is 4. The number of nitrogens with one attached hydrogen (secondary N) is 1. The number of β-lactam (4-membered cyclic amide) rings is 1. The third-order valence-corrected chi connectivity index (χ3v) is 7.85. The second-order valence-corrected chi connectivity index (χ2v) is 10.8. The molecule has 5 N–H and O–H groups in total. The first-order chi connectivity index (χ1) is 18.0. The van der Waals surface area contributed by atoms with Gasteiger partial charge in [0.15, 0.2) is 29.4 Å². The number of thiazole rings is 1. The van der Waals surface area contributed by atoms with E-state index in [1.807, 2.05) is 0 Å². The Labute approximate surface area is 226 Å². The highest BCUT2D eigenvalue weighted by Crippen LogP contribution is 2.40. The number of oxime groups is 1. The zero-order chi connectivity index (χ0) is 27.7. The van der Waals surface area contributed by atoms with Gasteiger partial charge >= 0.3 is 11.9 Å². The van der Waals surface area contributed by atoms with Crippen LogP contribution in [-0.4, -0.2) is 72.8 Å². The molecule has 1 fully saturated rings. The third-order valence-electron chi connectivity index (χ3n) is 5.42. The molecule has 0 radical (unpaired) electrons. The van der Waals surface area contributed by atoms with E-state index in [2.05, 4.69) is 15.5 Å². The zero-order valence-corrected chi connectivity index (χ0v) is 21.7. The standard InChI is InChI=1S/C21H18ClFN6O7S2/c1-8(19(32)33)36-27-12(11-15(22)38-21(24)26-11)16(30)25-13-17(31)29-14(20(34)35)9(7-37-18(13)29)5-28-4-2-3-10(23)6-28/h2-4,6,8,13,18H,5,7H2,1H3,(H4-,24,25,26,30,32,33,34,35)/p+1/t8-,13+,18?/m0/s1. The van der Waals surface area contributed by atoms with Crippen LogP contribution >= 0.6 is 34.7 Å². The highest BCUT2D eigenvalue weighted by molar-refractivity contribution is 8.00. The molecule has 3 atom stereocenters. The van der Waals surface area contributed by atoms with Crippen molar-refractivity contribution in [3.63, 3.8) is 0 Å². The van der Waals surface area contributed by atoms with E-state index in [1.54, 1.807) is 6.20 Å². The molecule has 1 saturated heterocycles. The Morgan fingerprint density at radius 3 is 2.79 bits per heavy atom. The van der Waals surface area contributed by atoms with Gasteiger partial charge < -0.3 is 26.1 Å². The number of aliphatic carboxylic acids is 2. The van der Waals surface area contributed by atoms with Crippen LogP contribution < -0.4 is 15.6 Å². The van der Waals surface area contributed by atoms with E-state index in [4.69, 9.17) is 27.3 Å². The van der Waals surface area contributed by atoms with Gasteiger partial charge in [-0.15, -0.1) is 11.8 Å². The summed E-state index contributed by atoms with van der Waals surface area (Å²) in [6, 6.07) is 1.58. The fourth-order valence-electron chi connectivity index (χ4n) is 3.66. The summed E-state index contributed by atoms with van der Waals surface area (Å²) in [6.45, 7) is 1.23. The summed E-state index contributed by atoms with van der Waals surface area (Å²) in [7, 11) is 0. The van der Waals surface area contributed by atoms with E-state index in [-0.39, 0.29) is 33.2 Å². The van der Waals surface area contributed by atoms with Gasteiger partial charge in [0.2, 0.25) is 12.3 Å². The lowest BCUT2D eigenvalue weighted by Crippen LogP contribution is -2.71. The van der Waals surface area contributed by atoms with E-state index in [1.165, 1.54) is 41.6 Å². The van der Waals surface area contributed by atoms with Crippen molar-refractivity contribution in [2.45, 2.75) is 31.0 Å². The predicted molar refractivity (Wildman–Crippen MR) is 133 cm³/mol. The maximum absolute atomic E-state index is 13.6. The van der Waals surface area contributed by atoms with Crippen molar-refractivity contribution in [1.29, 1.82) is 0 Å². The highest BCUT2D eigenvalue weighted by atomic mass is 35.5. The van der Waals surface area contributed by atoms with E-state index in [0.717, 1.165) is 16.2 Å². The molecule has 4 rings (SSSR count). The van der Waals surface area contributed by atoms with Gasteiger partial charge in [-0.1, -0.05) is 28.1 Å². The molecule has 13 nitrogen and oxygen atoms in total. The van der Waals surface area contributed by atoms with Gasteiger partial charge in [0, 0.05) is 17.4 Å². The minimum Gasteiger partial charge on any atom is -0.478 e. The van der Waals surface area contributed by atoms with Crippen molar-refractivity contribution >= 4 is 69.3 Å². The molecule has 1 unspecified atom stereocenters. The average Bonchev–Trinajstić information content (AvgIpc) is 3.19. The molecular weight excluding hydrogens is 567 g/mol. The first-order valence-electron chi connectivity index (χ1n) is 10.7. The number of carboxylic acid groups (broad SMARTS) is 2. The Kier molecular flexibility index (Phi) is 7.84. The topological polar surface area (TPSA) is 188 Å². The number of amides is 2. The summed E-state index contributed by atoms with van der Waals surface area (Å²) >= 11 is 8.15. The third kappa shape index (κ3) is 5.41. The lowest BCUT2D eigenvalue weighted by molar-refractivity contribution is -0.690. The number of hydrogen-bond acceptors (Lipinski definition) is 10. The SMILES string of the molecule is C[C@H](ON=C(C(=O)N[C@@H]1C(=O)N2C(C(=O)O)=C(C[n+]3cccc(F)c3)CSC12)c1nc(N)sc1Cl)C(=O)O. The van der Waals surface area contributed by atoms with Crippen molar-refractivity contribution in [3.8, 4) is 0 Å². The van der Waals surface area contributed by atoms with Gasteiger partial charge in [0.05, 0.1) is 0 Å². The molecule has 0 spiro atoms. The first-order valence-corrected chi connectivity index (χ1v) is 13.0. The van der Waals surface area contributed by atoms with Crippen molar-refractivity contribution in [2.24, 2.45) is 5.16 Å². The summed E-state index contributed by atoms with van der Waals surface area (Å²) in [5.74, 6) is -4.66. The quantitative estimate of drug-likeness (QED) is 0.139. The van der Waals surface area contributed by atoms with Crippen LogP contribution in [0.1, 0.15) is 12.6 Å². The van der Waals surface area contributed by atoms with Crippen molar-refractivity contribution in [1.82, 2.24) is 15.2 Å². The van der Waals surface area contributed by atoms with Crippen molar-refractivity contribution in [2.75, 3.05) is 11.5 Å². The molecule has 0 saturated carbocycles. The zero-order valence-electron chi connectivity index (χ0n) is 19.3. The van der Waals surface area contributed by atoms with Gasteiger partial charge in [-0.3, -0.25) is 14.5 Å². The lowest BCUT2D eigenvalue weighted by atomic mass is 10.0. The van der Waals surface area contributed by atoms with Gasteiger partial charge in [-0.25, -0.2) is 19.0 Å². The van der Waals surface area contributed by atoms with Gasteiger partial charge in [-0.05, 0) is 13.0 Å². The van der Waals surface area contributed by atoms with Crippen LogP contribution in [-0.2, 0) is 30.6 Å². The van der Waals surface area contributed by atoms with Crippen LogP contribution in [0.25, 0.3) is 0 Å². The van der Waals surface area contributed by atoms with E-state index in [9.17, 15) is 28.7 Å². The Bertz CT molecular complexity index is 1400. The number of thioether (sulfide) groups is 1. The van der Waals surface area contributed by atoms with E-state index < -0.39 is 52.8 Å². The average molecular weight is 586 g/mol. The molecule has 2 aliphatic heterocycles. The number of fused-ring (bicyclic) bond motifs is 1. The number of nitrogens with two attached hydrogens (primary N) is 1. The van der Waals surface area contributed by atoms with Gasteiger partial charge in [-0.2, -0.15) is 4.57 Å². The Morgan fingerprint density at radius 1 is 1.45 bits per heavy atom. The Balaban J connectivity index is 1.56. The summed E-state index contributed by atoms with van der Waals surface area (Å²) < 4.78 is 15.0. The number of aromatic nitrogens is 2. The van der Waals surface area contributed by atoms with Crippen LogP contribution in [0.3, 0.4) is 0 Å². The normalized spacial score (nSPS) is 19.9. The van der Waals surface area contributed by atoms with E-state index in [0.29, 0.717) is 5.57 Å². The fraction of sp³-hybridized carbons (Fsp3) is 0.286. The molecule has 2 aromatic rings.